The van der Waals surface area contributed by atoms with Crippen LogP contribution in [0.25, 0.3) is 5.57 Å². The van der Waals surface area contributed by atoms with Gasteiger partial charge < -0.3 is 5.11 Å². The summed E-state index contributed by atoms with van der Waals surface area (Å²) in [4.78, 5) is 11.2. The van der Waals surface area contributed by atoms with Crippen LogP contribution in [0.15, 0.2) is 30.5 Å². The molecule has 0 fully saturated rings. The highest BCUT2D eigenvalue weighted by atomic mass is 16.2. The van der Waals surface area contributed by atoms with Crippen molar-refractivity contribution < 1.29 is 9.90 Å². The van der Waals surface area contributed by atoms with Crippen molar-refractivity contribution >= 4 is 11.4 Å². The Hall–Kier alpha value is -1.57. The number of benzene rings is 1. The van der Waals surface area contributed by atoms with Crippen LogP contribution in [0.3, 0.4) is 0 Å². The summed E-state index contributed by atoms with van der Waals surface area (Å²) in [5.41, 5.74) is 2.30. The normalized spacial score (nSPS) is 18.3. The number of carbonyl (C=O) groups is 1. The third kappa shape index (κ3) is 0.848. The van der Waals surface area contributed by atoms with E-state index in [0.29, 0.717) is 12.0 Å². The summed E-state index contributed by atoms with van der Waals surface area (Å²) in [6, 6.07) is 7.51. The van der Waals surface area contributed by atoms with E-state index in [4.69, 9.17) is 5.11 Å². The maximum Gasteiger partial charge on any atom is 0.170 e. The fraction of sp³-hybridized carbons (Fsp3) is 0.100. The van der Waals surface area contributed by atoms with E-state index in [1.54, 1.807) is 0 Å². The van der Waals surface area contributed by atoms with Crippen LogP contribution in [0.5, 0.6) is 0 Å². The van der Waals surface area contributed by atoms with Crippen LogP contribution in [0.1, 0.15) is 11.1 Å². The standard InChI is InChI=1S/C10H8O2/c11-6-9-8-4-2-1-3-7(8)5-10(9)12/h1-4,6,11H,5H2/b9-6-. The molecule has 2 heteroatoms. The Morgan fingerprint density at radius 3 is 2.83 bits per heavy atom. The van der Waals surface area contributed by atoms with Crippen molar-refractivity contribution in [2.24, 2.45) is 0 Å². The molecule has 0 heterocycles. The number of hydrogen-bond donors (Lipinski definition) is 1. The van der Waals surface area contributed by atoms with E-state index in [2.05, 4.69) is 0 Å². The average Bonchev–Trinajstić information content (AvgIpc) is 2.40. The lowest BCUT2D eigenvalue weighted by Crippen LogP contribution is -1.92. The van der Waals surface area contributed by atoms with Gasteiger partial charge in [0.25, 0.3) is 0 Å². The van der Waals surface area contributed by atoms with Gasteiger partial charge in [-0.2, -0.15) is 0 Å². The number of aliphatic hydroxyl groups excluding tert-OH is 1. The number of Topliss-reactive ketones (excluding diaryl/α,β-unsaturated/α-hetero) is 1. The predicted molar refractivity (Wildman–Crippen MR) is 45.8 cm³/mol. The van der Waals surface area contributed by atoms with Gasteiger partial charge in [-0.3, -0.25) is 4.79 Å². The van der Waals surface area contributed by atoms with Gasteiger partial charge in [-0.05, 0) is 11.1 Å². The summed E-state index contributed by atoms with van der Waals surface area (Å²) < 4.78 is 0. The number of aliphatic hydroxyl groups is 1. The molecule has 2 rings (SSSR count). The zero-order valence-electron chi connectivity index (χ0n) is 6.45. The molecule has 0 saturated heterocycles. The molecule has 2 nitrogen and oxygen atoms in total. The predicted octanol–water partition coefficient (Wildman–Crippen LogP) is 1.71. The molecule has 0 aliphatic heterocycles. The largest absolute Gasteiger partial charge is 0.515 e. The lowest BCUT2D eigenvalue weighted by molar-refractivity contribution is -0.112. The third-order valence-electron chi connectivity index (χ3n) is 2.09. The molecule has 1 aromatic carbocycles. The van der Waals surface area contributed by atoms with E-state index in [0.717, 1.165) is 17.4 Å². The van der Waals surface area contributed by atoms with E-state index in [-0.39, 0.29) is 5.78 Å². The van der Waals surface area contributed by atoms with Gasteiger partial charge in [0.2, 0.25) is 0 Å². The lowest BCUT2D eigenvalue weighted by Gasteiger charge is -1.95. The van der Waals surface area contributed by atoms with Crippen molar-refractivity contribution in [3.05, 3.63) is 41.7 Å². The smallest absolute Gasteiger partial charge is 0.170 e. The van der Waals surface area contributed by atoms with Gasteiger partial charge in [-0.15, -0.1) is 0 Å². The van der Waals surface area contributed by atoms with Crippen LogP contribution in [0.2, 0.25) is 0 Å². The van der Waals surface area contributed by atoms with E-state index in [9.17, 15) is 4.79 Å². The Kier molecular flexibility index (Phi) is 1.47. The second-order valence-corrected chi connectivity index (χ2v) is 2.80. The van der Waals surface area contributed by atoms with Gasteiger partial charge in [-0.1, -0.05) is 24.3 Å². The fourth-order valence-electron chi connectivity index (χ4n) is 1.50. The minimum absolute atomic E-state index is 0.00120. The molecule has 0 radical (unpaired) electrons. The van der Waals surface area contributed by atoms with Crippen LogP contribution in [0.4, 0.5) is 0 Å². The van der Waals surface area contributed by atoms with Gasteiger partial charge >= 0.3 is 0 Å². The van der Waals surface area contributed by atoms with Crippen molar-refractivity contribution in [3.63, 3.8) is 0 Å². The topological polar surface area (TPSA) is 37.3 Å². The number of hydrogen-bond acceptors (Lipinski definition) is 2. The molecule has 0 amide bonds. The lowest BCUT2D eigenvalue weighted by atomic mass is 10.1. The summed E-state index contributed by atoms with van der Waals surface area (Å²) >= 11 is 0. The molecule has 1 aliphatic carbocycles. The highest BCUT2D eigenvalue weighted by Gasteiger charge is 2.23. The second kappa shape index (κ2) is 2.48. The fourth-order valence-corrected chi connectivity index (χ4v) is 1.50. The zero-order chi connectivity index (χ0) is 8.55. The number of ketones is 1. The number of allylic oxidation sites excluding steroid dienone is 1. The van der Waals surface area contributed by atoms with Crippen molar-refractivity contribution in [2.45, 2.75) is 6.42 Å². The minimum atomic E-state index is -0.00120. The zero-order valence-corrected chi connectivity index (χ0v) is 6.45. The molecule has 0 aromatic heterocycles. The highest BCUT2D eigenvalue weighted by molar-refractivity contribution is 6.25. The van der Waals surface area contributed by atoms with Crippen LogP contribution in [0, 0.1) is 0 Å². The van der Waals surface area contributed by atoms with Crippen molar-refractivity contribution in [1.82, 2.24) is 0 Å². The van der Waals surface area contributed by atoms with Crippen LogP contribution in [-0.2, 0) is 11.2 Å². The van der Waals surface area contributed by atoms with Gasteiger partial charge in [0.05, 0.1) is 11.8 Å². The Morgan fingerprint density at radius 1 is 1.33 bits per heavy atom. The highest BCUT2D eigenvalue weighted by Crippen LogP contribution is 2.28. The molecular formula is C10H8O2. The number of carbonyl (C=O) groups excluding carboxylic acids is 1. The summed E-state index contributed by atoms with van der Waals surface area (Å²) in [7, 11) is 0. The first-order chi connectivity index (χ1) is 5.83. The van der Waals surface area contributed by atoms with Crippen LogP contribution >= 0.6 is 0 Å². The van der Waals surface area contributed by atoms with Crippen LogP contribution in [-0.4, -0.2) is 10.9 Å². The van der Waals surface area contributed by atoms with E-state index < -0.39 is 0 Å². The maximum absolute atomic E-state index is 11.2. The van der Waals surface area contributed by atoms with Crippen LogP contribution < -0.4 is 0 Å². The quantitative estimate of drug-likeness (QED) is 0.463. The molecular weight excluding hydrogens is 152 g/mol. The van der Waals surface area contributed by atoms with Crippen molar-refractivity contribution in [2.75, 3.05) is 0 Å². The minimum Gasteiger partial charge on any atom is -0.515 e. The summed E-state index contributed by atoms with van der Waals surface area (Å²) in [6.07, 6.45) is 1.32. The second-order valence-electron chi connectivity index (χ2n) is 2.80. The molecule has 12 heavy (non-hydrogen) atoms. The van der Waals surface area contributed by atoms with Crippen molar-refractivity contribution in [1.29, 1.82) is 0 Å². The summed E-state index contributed by atoms with van der Waals surface area (Å²) in [5.74, 6) is -0.00120. The van der Waals surface area contributed by atoms with E-state index >= 15 is 0 Å². The van der Waals surface area contributed by atoms with E-state index in [1.807, 2.05) is 24.3 Å². The molecule has 0 unspecified atom stereocenters. The Labute approximate surface area is 70.2 Å². The SMILES string of the molecule is O=C1Cc2ccccc2/C1=C/O. The van der Waals surface area contributed by atoms with Gasteiger partial charge in [0, 0.05) is 6.42 Å². The molecule has 60 valence electrons. The number of fused-ring (bicyclic) bond motifs is 1. The van der Waals surface area contributed by atoms with E-state index in [1.165, 1.54) is 0 Å². The first-order valence-electron chi connectivity index (χ1n) is 3.79. The Balaban J connectivity index is 2.62. The van der Waals surface area contributed by atoms with Gasteiger partial charge in [0.15, 0.2) is 5.78 Å². The molecule has 1 aromatic rings. The molecule has 0 atom stereocenters. The maximum atomic E-state index is 11.2. The van der Waals surface area contributed by atoms with Gasteiger partial charge in [-0.25, -0.2) is 0 Å². The molecule has 0 saturated carbocycles. The first kappa shape index (κ1) is 7.10. The summed E-state index contributed by atoms with van der Waals surface area (Å²) in [6.45, 7) is 0. The Bertz CT molecular complexity index is 364. The monoisotopic (exact) mass is 160 g/mol. The molecule has 1 N–H and O–H groups in total. The summed E-state index contributed by atoms with van der Waals surface area (Å²) in [5, 5.41) is 8.80. The molecule has 0 spiro atoms. The Morgan fingerprint density at radius 2 is 2.08 bits per heavy atom. The first-order valence-corrected chi connectivity index (χ1v) is 3.79. The van der Waals surface area contributed by atoms with Crippen molar-refractivity contribution in [3.8, 4) is 0 Å². The third-order valence-corrected chi connectivity index (χ3v) is 2.09. The number of rotatable bonds is 0. The van der Waals surface area contributed by atoms with Gasteiger partial charge in [0.1, 0.15) is 0 Å². The molecule has 1 aliphatic rings. The molecule has 0 bridgehead atoms. The average molecular weight is 160 g/mol.